The molecule has 0 radical (unpaired) electrons. The van der Waals surface area contributed by atoms with E-state index < -0.39 is 0 Å². The van der Waals surface area contributed by atoms with Crippen LogP contribution in [-0.4, -0.2) is 23.3 Å². The molecule has 1 aromatic carbocycles. The van der Waals surface area contributed by atoms with Crippen LogP contribution in [-0.2, 0) is 9.31 Å². The molecule has 0 bridgehead atoms. The summed E-state index contributed by atoms with van der Waals surface area (Å²) in [5, 5.41) is 1.71. The normalized spacial score (nSPS) is 21.2. The highest BCUT2D eigenvalue weighted by molar-refractivity contribution is 6.65. The Hall–Kier alpha value is -0.965. The Morgan fingerprint density at radius 3 is 2.37 bits per heavy atom. The molecule has 2 aromatic rings. The molecule has 0 saturated carbocycles. The summed E-state index contributed by atoms with van der Waals surface area (Å²) >= 11 is 6.15. The maximum atomic E-state index is 6.15. The van der Waals surface area contributed by atoms with Gasteiger partial charge in [-0.3, -0.25) is 0 Å². The van der Waals surface area contributed by atoms with Crippen molar-refractivity contribution in [3.05, 3.63) is 29.4 Å². The van der Waals surface area contributed by atoms with Gasteiger partial charge in [-0.15, -0.1) is 0 Å². The zero-order chi connectivity index (χ0) is 13.8. The van der Waals surface area contributed by atoms with Crippen LogP contribution in [0, 0.1) is 0 Å². The van der Waals surface area contributed by atoms with Gasteiger partial charge in [0.25, 0.3) is 0 Å². The third kappa shape index (κ3) is 1.90. The van der Waals surface area contributed by atoms with Gasteiger partial charge in [0.05, 0.1) is 16.2 Å². The van der Waals surface area contributed by atoms with E-state index in [-0.39, 0.29) is 18.3 Å². The van der Waals surface area contributed by atoms with Gasteiger partial charge in [0.2, 0.25) is 0 Å². The molecule has 1 fully saturated rings. The van der Waals surface area contributed by atoms with Crippen molar-refractivity contribution >= 4 is 35.1 Å². The number of fused-ring (bicyclic) bond motifs is 1. The molecule has 0 atom stereocenters. The standard InChI is InChI=1S/C14H17BClNO2/c1-13(2)14(3,4)19-15(18-13)10-7-5-6-9-11(16)8-17-12(9)10/h5-8,17H,1-4H3. The second-order valence-electron chi connectivity index (χ2n) is 5.99. The number of benzene rings is 1. The molecule has 0 spiro atoms. The van der Waals surface area contributed by atoms with Crippen LogP contribution in [0.25, 0.3) is 10.9 Å². The Balaban J connectivity index is 2.07. The van der Waals surface area contributed by atoms with E-state index in [2.05, 4.69) is 32.7 Å². The molecule has 3 rings (SSSR count). The Labute approximate surface area is 118 Å². The topological polar surface area (TPSA) is 34.2 Å². The van der Waals surface area contributed by atoms with Gasteiger partial charge >= 0.3 is 7.12 Å². The predicted octanol–water partition coefficient (Wildman–Crippen LogP) is 3.12. The van der Waals surface area contributed by atoms with Gasteiger partial charge in [-0.2, -0.15) is 0 Å². The number of H-pyrrole nitrogens is 1. The molecule has 100 valence electrons. The van der Waals surface area contributed by atoms with Crippen molar-refractivity contribution in [3.8, 4) is 0 Å². The fourth-order valence-electron chi connectivity index (χ4n) is 2.31. The van der Waals surface area contributed by atoms with Gasteiger partial charge in [0.15, 0.2) is 0 Å². The van der Waals surface area contributed by atoms with Crippen molar-refractivity contribution in [2.24, 2.45) is 0 Å². The fraction of sp³-hybridized carbons (Fsp3) is 0.429. The van der Waals surface area contributed by atoms with Gasteiger partial charge in [0, 0.05) is 22.6 Å². The van der Waals surface area contributed by atoms with Crippen LogP contribution in [0.1, 0.15) is 27.7 Å². The molecule has 0 amide bonds. The SMILES string of the molecule is CC1(C)OB(c2cccc3c(Cl)c[nH]c23)OC1(C)C. The Morgan fingerprint density at radius 2 is 1.74 bits per heavy atom. The summed E-state index contributed by atoms with van der Waals surface area (Å²) in [6, 6.07) is 5.97. The molecule has 1 aromatic heterocycles. The van der Waals surface area contributed by atoms with Crippen LogP contribution in [0.15, 0.2) is 24.4 Å². The molecule has 2 heterocycles. The van der Waals surface area contributed by atoms with Crippen LogP contribution in [0.5, 0.6) is 0 Å². The van der Waals surface area contributed by atoms with E-state index in [0.717, 1.165) is 16.4 Å². The number of para-hydroxylation sites is 1. The van der Waals surface area contributed by atoms with Crippen LogP contribution in [0.2, 0.25) is 5.02 Å². The van der Waals surface area contributed by atoms with E-state index in [1.165, 1.54) is 0 Å². The van der Waals surface area contributed by atoms with E-state index in [0.29, 0.717) is 5.02 Å². The molecular formula is C14H17BClNO2. The first-order valence-corrected chi connectivity index (χ1v) is 6.81. The number of hydrogen-bond donors (Lipinski definition) is 1. The third-order valence-corrected chi connectivity index (χ3v) is 4.52. The lowest BCUT2D eigenvalue weighted by Crippen LogP contribution is -2.41. The molecule has 19 heavy (non-hydrogen) atoms. The maximum Gasteiger partial charge on any atom is 0.497 e. The molecular weight excluding hydrogens is 260 g/mol. The van der Waals surface area contributed by atoms with Gasteiger partial charge in [-0.1, -0.05) is 29.8 Å². The summed E-state index contributed by atoms with van der Waals surface area (Å²) in [5.41, 5.74) is 1.29. The molecule has 0 aliphatic carbocycles. The molecule has 1 saturated heterocycles. The van der Waals surface area contributed by atoms with Crippen molar-refractivity contribution in [3.63, 3.8) is 0 Å². The van der Waals surface area contributed by atoms with Gasteiger partial charge in [-0.25, -0.2) is 0 Å². The van der Waals surface area contributed by atoms with Crippen LogP contribution >= 0.6 is 11.6 Å². The van der Waals surface area contributed by atoms with Crippen LogP contribution in [0.3, 0.4) is 0 Å². The maximum absolute atomic E-state index is 6.15. The van der Waals surface area contributed by atoms with Crippen LogP contribution < -0.4 is 5.46 Å². The highest BCUT2D eigenvalue weighted by Crippen LogP contribution is 2.37. The summed E-state index contributed by atoms with van der Waals surface area (Å²) in [6.45, 7) is 8.20. The lowest BCUT2D eigenvalue weighted by molar-refractivity contribution is 0.00578. The number of halogens is 1. The molecule has 1 N–H and O–H groups in total. The van der Waals surface area contributed by atoms with Crippen molar-refractivity contribution in [2.75, 3.05) is 0 Å². The minimum atomic E-state index is -0.372. The monoisotopic (exact) mass is 277 g/mol. The highest BCUT2D eigenvalue weighted by Gasteiger charge is 2.52. The summed E-state index contributed by atoms with van der Waals surface area (Å²) in [6.07, 6.45) is 1.79. The number of rotatable bonds is 1. The minimum Gasteiger partial charge on any atom is -0.399 e. The molecule has 1 aliphatic heterocycles. The summed E-state index contributed by atoms with van der Waals surface area (Å²) < 4.78 is 12.2. The van der Waals surface area contributed by atoms with Crippen molar-refractivity contribution in [1.29, 1.82) is 0 Å². The average Bonchev–Trinajstić information content (AvgIpc) is 2.78. The Kier molecular flexibility index (Phi) is 2.75. The van der Waals surface area contributed by atoms with E-state index >= 15 is 0 Å². The second-order valence-corrected chi connectivity index (χ2v) is 6.40. The number of hydrogen-bond acceptors (Lipinski definition) is 2. The number of nitrogens with one attached hydrogen (secondary N) is 1. The van der Waals surface area contributed by atoms with Crippen LogP contribution in [0.4, 0.5) is 0 Å². The van der Waals surface area contributed by atoms with Crippen molar-refractivity contribution in [1.82, 2.24) is 4.98 Å². The largest absolute Gasteiger partial charge is 0.497 e. The predicted molar refractivity (Wildman–Crippen MR) is 79.0 cm³/mol. The number of aromatic nitrogens is 1. The van der Waals surface area contributed by atoms with E-state index in [1.54, 1.807) is 6.20 Å². The Morgan fingerprint density at radius 1 is 1.11 bits per heavy atom. The second kappa shape index (κ2) is 4.01. The first-order chi connectivity index (χ1) is 8.82. The molecule has 0 unspecified atom stereocenters. The van der Waals surface area contributed by atoms with Crippen molar-refractivity contribution in [2.45, 2.75) is 38.9 Å². The molecule has 1 aliphatic rings. The summed E-state index contributed by atoms with van der Waals surface area (Å²) in [5.74, 6) is 0. The molecule has 5 heteroatoms. The van der Waals surface area contributed by atoms with Gasteiger partial charge in [-0.05, 0) is 27.7 Å². The van der Waals surface area contributed by atoms with Crippen molar-refractivity contribution < 1.29 is 9.31 Å². The molecule has 3 nitrogen and oxygen atoms in total. The Bertz CT molecular complexity index is 619. The van der Waals surface area contributed by atoms with E-state index in [9.17, 15) is 0 Å². The highest BCUT2D eigenvalue weighted by atomic mass is 35.5. The zero-order valence-electron chi connectivity index (χ0n) is 11.6. The fourth-order valence-corrected chi connectivity index (χ4v) is 2.52. The summed E-state index contributed by atoms with van der Waals surface area (Å²) in [7, 11) is -0.372. The lowest BCUT2D eigenvalue weighted by Gasteiger charge is -2.32. The van der Waals surface area contributed by atoms with Gasteiger partial charge in [0.1, 0.15) is 0 Å². The average molecular weight is 278 g/mol. The zero-order valence-corrected chi connectivity index (χ0v) is 12.3. The third-order valence-electron chi connectivity index (χ3n) is 4.20. The van der Waals surface area contributed by atoms with E-state index in [1.807, 2.05) is 18.2 Å². The first kappa shape index (κ1) is 13.0. The van der Waals surface area contributed by atoms with Gasteiger partial charge < -0.3 is 14.3 Å². The first-order valence-electron chi connectivity index (χ1n) is 6.43. The lowest BCUT2D eigenvalue weighted by atomic mass is 9.78. The summed E-state index contributed by atoms with van der Waals surface area (Å²) in [4.78, 5) is 3.20. The number of aromatic amines is 1. The minimum absolute atomic E-state index is 0.337. The quantitative estimate of drug-likeness (QED) is 0.813. The smallest absolute Gasteiger partial charge is 0.399 e. The van der Waals surface area contributed by atoms with E-state index in [4.69, 9.17) is 20.9 Å².